The Kier molecular flexibility index (Phi) is 2.76. The molecule has 0 atom stereocenters. The fraction of sp³-hybridized carbons (Fsp3) is 0.417. The third-order valence-corrected chi connectivity index (χ3v) is 3.98. The molecule has 0 saturated heterocycles. The molecule has 0 bridgehead atoms. The number of hydrogen-bond donors (Lipinski definition) is 1. The van der Waals surface area contributed by atoms with Crippen LogP contribution in [0.4, 0.5) is 0 Å². The SMILES string of the molecule is O=c1cc(C2CCCC2)nc(-c2cncs2)[nH]1. The van der Waals surface area contributed by atoms with Gasteiger partial charge in [0.05, 0.1) is 16.1 Å². The Morgan fingerprint density at radius 2 is 2.18 bits per heavy atom. The van der Waals surface area contributed by atoms with Gasteiger partial charge in [-0.1, -0.05) is 12.8 Å². The van der Waals surface area contributed by atoms with Gasteiger partial charge in [0, 0.05) is 18.2 Å². The molecule has 1 aliphatic rings. The second-order valence-corrected chi connectivity index (χ2v) is 5.25. The lowest BCUT2D eigenvalue weighted by Crippen LogP contribution is -2.11. The van der Waals surface area contributed by atoms with Crippen LogP contribution >= 0.6 is 11.3 Å². The van der Waals surface area contributed by atoms with E-state index in [9.17, 15) is 4.79 Å². The van der Waals surface area contributed by atoms with E-state index in [0.717, 1.165) is 23.4 Å². The maximum absolute atomic E-state index is 11.7. The fourth-order valence-electron chi connectivity index (χ4n) is 2.36. The number of rotatable bonds is 2. The predicted molar refractivity (Wildman–Crippen MR) is 67.2 cm³/mol. The molecule has 2 aromatic rings. The number of thiazole rings is 1. The minimum atomic E-state index is -0.0645. The molecule has 1 fully saturated rings. The molecule has 2 heterocycles. The Labute approximate surface area is 103 Å². The van der Waals surface area contributed by atoms with Gasteiger partial charge in [-0.2, -0.15) is 0 Å². The topological polar surface area (TPSA) is 58.6 Å². The molecular weight excluding hydrogens is 234 g/mol. The van der Waals surface area contributed by atoms with E-state index < -0.39 is 0 Å². The van der Waals surface area contributed by atoms with Crippen molar-refractivity contribution in [2.75, 3.05) is 0 Å². The number of aromatic amines is 1. The van der Waals surface area contributed by atoms with Gasteiger partial charge in [-0.25, -0.2) is 4.98 Å². The number of H-pyrrole nitrogens is 1. The van der Waals surface area contributed by atoms with Crippen molar-refractivity contribution < 1.29 is 0 Å². The lowest BCUT2D eigenvalue weighted by molar-refractivity contribution is 0.693. The van der Waals surface area contributed by atoms with E-state index in [0.29, 0.717) is 11.7 Å². The van der Waals surface area contributed by atoms with Crippen LogP contribution in [-0.2, 0) is 0 Å². The van der Waals surface area contributed by atoms with Crippen LogP contribution < -0.4 is 5.56 Å². The molecule has 3 rings (SSSR count). The lowest BCUT2D eigenvalue weighted by atomic mass is 10.0. The minimum absolute atomic E-state index is 0.0645. The van der Waals surface area contributed by atoms with E-state index in [2.05, 4.69) is 15.0 Å². The Hall–Kier alpha value is -1.49. The van der Waals surface area contributed by atoms with Crippen molar-refractivity contribution in [2.45, 2.75) is 31.6 Å². The van der Waals surface area contributed by atoms with E-state index >= 15 is 0 Å². The summed E-state index contributed by atoms with van der Waals surface area (Å²) < 4.78 is 0. The van der Waals surface area contributed by atoms with Crippen LogP contribution in [-0.4, -0.2) is 15.0 Å². The Morgan fingerprint density at radius 1 is 1.35 bits per heavy atom. The van der Waals surface area contributed by atoms with Gasteiger partial charge in [0.25, 0.3) is 5.56 Å². The standard InChI is InChI=1S/C12H13N3OS/c16-11-5-9(8-3-1-2-4-8)14-12(15-11)10-6-13-7-17-10/h5-8H,1-4H2,(H,14,15,16). The molecule has 0 spiro atoms. The zero-order valence-electron chi connectivity index (χ0n) is 9.35. The van der Waals surface area contributed by atoms with Crippen molar-refractivity contribution in [3.05, 3.63) is 33.8 Å². The summed E-state index contributed by atoms with van der Waals surface area (Å²) in [6.07, 6.45) is 6.53. The summed E-state index contributed by atoms with van der Waals surface area (Å²) in [7, 11) is 0. The van der Waals surface area contributed by atoms with Crippen molar-refractivity contribution in [3.8, 4) is 10.7 Å². The van der Waals surface area contributed by atoms with Crippen molar-refractivity contribution in [1.82, 2.24) is 15.0 Å². The van der Waals surface area contributed by atoms with Crippen LogP contribution in [0.5, 0.6) is 0 Å². The van der Waals surface area contributed by atoms with Gasteiger partial charge in [-0.3, -0.25) is 9.78 Å². The maximum atomic E-state index is 11.7. The first-order valence-electron chi connectivity index (χ1n) is 5.83. The highest BCUT2D eigenvalue weighted by atomic mass is 32.1. The Bertz CT molecular complexity index is 555. The first-order chi connectivity index (χ1) is 8.33. The molecule has 0 amide bonds. The molecule has 88 valence electrons. The highest BCUT2D eigenvalue weighted by Gasteiger charge is 2.19. The molecule has 0 aromatic carbocycles. The van der Waals surface area contributed by atoms with Crippen LogP contribution in [0.2, 0.25) is 0 Å². The van der Waals surface area contributed by atoms with Crippen LogP contribution in [0.1, 0.15) is 37.3 Å². The van der Waals surface area contributed by atoms with Crippen molar-refractivity contribution in [1.29, 1.82) is 0 Å². The summed E-state index contributed by atoms with van der Waals surface area (Å²) in [5, 5.41) is 0. The maximum Gasteiger partial charge on any atom is 0.251 e. The molecule has 17 heavy (non-hydrogen) atoms. The quantitative estimate of drug-likeness (QED) is 0.887. The Balaban J connectivity index is 2.03. The van der Waals surface area contributed by atoms with Gasteiger partial charge in [0.1, 0.15) is 0 Å². The fourth-order valence-corrected chi connectivity index (χ4v) is 2.92. The van der Waals surface area contributed by atoms with Crippen LogP contribution in [0, 0.1) is 0 Å². The van der Waals surface area contributed by atoms with Crippen LogP contribution in [0.15, 0.2) is 22.6 Å². The van der Waals surface area contributed by atoms with E-state index in [4.69, 9.17) is 0 Å². The largest absolute Gasteiger partial charge is 0.306 e. The molecule has 0 aliphatic heterocycles. The van der Waals surface area contributed by atoms with Gasteiger partial charge in [0.2, 0.25) is 0 Å². The van der Waals surface area contributed by atoms with Gasteiger partial charge in [0.15, 0.2) is 5.82 Å². The molecule has 1 N–H and O–H groups in total. The van der Waals surface area contributed by atoms with Gasteiger partial charge in [-0.15, -0.1) is 11.3 Å². The zero-order chi connectivity index (χ0) is 11.7. The average molecular weight is 247 g/mol. The lowest BCUT2D eigenvalue weighted by Gasteiger charge is -2.08. The first-order valence-corrected chi connectivity index (χ1v) is 6.71. The molecule has 1 saturated carbocycles. The molecular formula is C12H13N3OS. The number of hydrogen-bond acceptors (Lipinski definition) is 4. The minimum Gasteiger partial charge on any atom is -0.306 e. The van der Waals surface area contributed by atoms with Gasteiger partial charge < -0.3 is 4.98 Å². The average Bonchev–Trinajstić information content (AvgIpc) is 3.02. The van der Waals surface area contributed by atoms with E-state index in [1.54, 1.807) is 17.8 Å². The van der Waals surface area contributed by atoms with Crippen molar-refractivity contribution in [2.24, 2.45) is 0 Å². The second kappa shape index (κ2) is 4.41. The first kappa shape index (κ1) is 10.7. The monoisotopic (exact) mass is 247 g/mol. The predicted octanol–water partition coefficient (Wildman–Crippen LogP) is 2.55. The molecule has 0 radical (unpaired) electrons. The molecule has 5 heteroatoms. The summed E-state index contributed by atoms with van der Waals surface area (Å²) >= 11 is 1.49. The van der Waals surface area contributed by atoms with E-state index in [-0.39, 0.29) is 5.56 Å². The van der Waals surface area contributed by atoms with Crippen molar-refractivity contribution in [3.63, 3.8) is 0 Å². The number of nitrogens with zero attached hydrogens (tertiary/aromatic N) is 2. The summed E-state index contributed by atoms with van der Waals surface area (Å²) in [6, 6.07) is 1.64. The summed E-state index contributed by atoms with van der Waals surface area (Å²) in [5.41, 5.74) is 2.62. The summed E-state index contributed by atoms with van der Waals surface area (Å²) in [4.78, 5) is 23.9. The third-order valence-electron chi connectivity index (χ3n) is 3.20. The van der Waals surface area contributed by atoms with Gasteiger partial charge in [-0.05, 0) is 12.8 Å². The number of nitrogens with one attached hydrogen (secondary N) is 1. The van der Waals surface area contributed by atoms with Gasteiger partial charge >= 0.3 is 0 Å². The van der Waals surface area contributed by atoms with E-state index in [1.165, 1.54) is 24.2 Å². The highest BCUT2D eigenvalue weighted by Crippen LogP contribution is 2.33. The van der Waals surface area contributed by atoms with Crippen LogP contribution in [0.3, 0.4) is 0 Å². The molecule has 4 nitrogen and oxygen atoms in total. The second-order valence-electron chi connectivity index (χ2n) is 4.37. The summed E-state index contributed by atoms with van der Waals surface area (Å²) in [6.45, 7) is 0. The summed E-state index contributed by atoms with van der Waals surface area (Å²) in [5.74, 6) is 1.12. The normalized spacial score (nSPS) is 16.5. The molecule has 0 unspecified atom stereocenters. The zero-order valence-corrected chi connectivity index (χ0v) is 10.2. The highest BCUT2D eigenvalue weighted by molar-refractivity contribution is 7.13. The third kappa shape index (κ3) is 2.15. The molecule has 2 aromatic heterocycles. The Morgan fingerprint density at radius 3 is 2.88 bits per heavy atom. The van der Waals surface area contributed by atoms with E-state index in [1.807, 2.05) is 0 Å². The number of aromatic nitrogens is 3. The smallest absolute Gasteiger partial charge is 0.251 e. The van der Waals surface area contributed by atoms with Crippen molar-refractivity contribution >= 4 is 11.3 Å². The van der Waals surface area contributed by atoms with Crippen LogP contribution in [0.25, 0.3) is 10.7 Å². The molecule has 1 aliphatic carbocycles.